The van der Waals surface area contributed by atoms with Crippen LogP contribution in [0.15, 0.2) is 5.16 Å². The lowest BCUT2D eigenvalue weighted by molar-refractivity contribution is -0.132. The molecule has 0 aliphatic heterocycles. The second kappa shape index (κ2) is 7.09. The lowest BCUT2D eigenvalue weighted by atomic mass is 10.0. The first-order valence-corrected chi connectivity index (χ1v) is 5.64. The van der Waals surface area contributed by atoms with Crippen molar-refractivity contribution in [2.45, 2.75) is 46.1 Å². The predicted molar refractivity (Wildman–Crippen MR) is 64.3 cm³/mol. The lowest BCUT2D eigenvalue weighted by Crippen LogP contribution is -2.38. The molecule has 0 saturated heterocycles. The van der Waals surface area contributed by atoms with Crippen molar-refractivity contribution in [2.24, 2.45) is 16.8 Å². The quantitative estimate of drug-likeness (QED) is 0.313. The fourth-order valence-corrected chi connectivity index (χ4v) is 1.31. The van der Waals surface area contributed by atoms with Crippen LogP contribution in [-0.2, 0) is 4.79 Å². The van der Waals surface area contributed by atoms with E-state index in [0.29, 0.717) is 18.8 Å². The van der Waals surface area contributed by atoms with Gasteiger partial charge in [0.2, 0.25) is 5.91 Å². The summed E-state index contributed by atoms with van der Waals surface area (Å²) in [6, 6.07) is -0.0487. The van der Waals surface area contributed by atoms with E-state index in [2.05, 4.69) is 19.0 Å². The first-order chi connectivity index (χ1) is 7.42. The SMILES string of the molecule is CCC(C)CC(=O)N(C)C(C)CC(N)=NO. The summed E-state index contributed by atoms with van der Waals surface area (Å²) in [7, 11) is 1.75. The highest BCUT2D eigenvalue weighted by Crippen LogP contribution is 2.11. The molecule has 16 heavy (non-hydrogen) atoms. The Morgan fingerprint density at radius 3 is 2.44 bits per heavy atom. The van der Waals surface area contributed by atoms with Gasteiger partial charge in [-0.3, -0.25) is 4.79 Å². The van der Waals surface area contributed by atoms with Crippen molar-refractivity contribution in [1.82, 2.24) is 4.90 Å². The predicted octanol–water partition coefficient (Wildman–Crippen LogP) is 1.41. The van der Waals surface area contributed by atoms with E-state index in [1.807, 2.05) is 6.92 Å². The van der Waals surface area contributed by atoms with Crippen LogP contribution in [0.25, 0.3) is 0 Å². The third-order valence-corrected chi connectivity index (χ3v) is 2.91. The third kappa shape index (κ3) is 5.00. The van der Waals surface area contributed by atoms with Gasteiger partial charge in [-0.05, 0) is 12.8 Å². The highest BCUT2D eigenvalue weighted by atomic mass is 16.4. The molecule has 5 nitrogen and oxygen atoms in total. The minimum absolute atomic E-state index is 0.0487. The van der Waals surface area contributed by atoms with E-state index in [0.717, 1.165) is 6.42 Å². The van der Waals surface area contributed by atoms with Gasteiger partial charge in [-0.1, -0.05) is 25.4 Å². The summed E-state index contributed by atoms with van der Waals surface area (Å²) in [5.74, 6) is 0.647. The molecule has 0 aromatic heterocycles. The van der Waals surface area contributed by atoms with E-state index in [4.69, 9.17) is 10.9 Å². The Balaban J connectivity index is 4.21. The highest BCUT2D eigenvalue weighted by molar-refractivity contribution is 5.81. The Morgan fingerprint density at radius 1 is 1.44 bits per heavy atom. The van der Waals surface area contributed by atoms with Gasteiger partial charge in [0.05, 0.1) is 0 Å². The topological polar surface area (TPSA) is 78.9 Å². The minimum atomic E-state index is -0.0487. The number of nitrogens with two attached hydrogens (primary N) is 1. The number of amidine groups is 1. The van der Waals surface area contributed by atoms with Gasteiger partial charge in [-0.25, -0.2) is 0 Å². The molecule has 0 radical (unpaired) electrons. The number of carbonyl (C=O) groups excluding carboxylic acids is 1. The van der Waals surface area contributed by atoms with Crippen LogP contribution in [0.2, 0.25) is 0 Å². The van der Waals surface area contributed by atoms with Crippen LogP contribution in [0, 0.1) is 5.92 Å². The number of hydrogen-bond donors (Lipinski definition) is 2. The zero-order valence-corrected chi connectivity index (χ0v) is 10.6. The smallest absolute Gasteiger partial charge is 0.222 e. The molecule has 0 saturated carbocycles. The second-order valence-electron chi connectivity index (χ2n) is 4.37. The first-order valence-electron chi connectivity index (χ1n) is 5.64. The van der Waals surface area contributed by atoms with Gasteiger partial charge in [0, 0.05) is 25.9 Å². The van der Waals surface area contributed by atoms with Gasteiger partial charge in [-0.2, -0.15) is 0 Å². The van der Waals surface area contributed by atoms with Crippen LogP contribution >= 0.6 is 0 Å². The average Bonchev–Trinajstić information content (AvgIpc) is 2.27. The zero-order chi connectivity index (χ0) is 12.7. The maximum absolute atomic E-state index is 11.8. The maximum Gasteiger partial charge on any atom is 0.222 e. The Bertz CT molecular complexity index is 254. The summed E-state index contributed by atoms with van der Waals surface area (Å²) in [4.78, 5) is 13.5. The summed E-state index contributed by atoms with van der Waals surface area (Å²) in [6.07, 6.45) is 1.93. The molecular formula is C11H23N3O2. The largest absolute Gasteiger partial charge is 0.409 e. The molecule has 0 aliphatic carbocycles. The Kier molecular flexibility index (Phi) is 6.53. The van der Waals surface area contributed by atoms with E-state index in [1.165, 1.54) is 0 Å². The summed E-state index contributed by atoms with van der Waals surface area (Å²) in [5, 5.41) is 11.4. The maximum atomic E-state index is 11.8. The average molecular weight is 229 g/mol. The van der Waals surface area contributed by atoms with Gasteiger partial charge < -0.3 is 15.8 Å². The summed E-state index contributed by atoms with van der Waals surface area (Å²) in [5.41, 5.74) is 5.40. The molecule has 0 fully saturated rings. The number of amides is 1. The number of hydrogen-bond acceptors (Lipinski definition) is 3. The van der Waals surface area contributed by atoms with Crippen molar-refractivity contribution in [2.75, 3.05) is 7.05 Å². The molecular weight excluding hydrogens is 206 g/mol. The van der Waals surface area contributed by atoms with E-state index in [-0.39, 0.29) is 17.8 Å². The number of oxime groups is 1. The molecule has 0 aromatic carbocycles. The summed E-state index contributed by atoms with van der Waals surface area (Å²) >= 11 is 0. The third-order valence-electron chi connectivity index (χ3n) is 2.91. The molecule has 5 heteroatoms. The fourth-order valence-electron chi connectivity index (χ4n) is 1.31. The van der Waals surface area contributed by atoms with Crippen molar-refractivity contribution >= 4 is 11.7 Å². The van der Waals surface area contributed by atoms with E-state index < -0.39 is 0 Å². The molecule has 0 rings (SSSR count). The molecule has 2 unspecified atom stereocenters. The van der Waals surface area contributed by atoms with Crippen LogP contribution < -0.4 is 5.73 Å². The van der Waals surface area contributed by atoms with Gasteiger partial charge in [-0.15, -0.1) is 0 Å². The molecule has 0 aliphatic rings. The minimum Gasteiger partial charge on any atom is -0.409 e. The van der Waals surface area contributed by atoms with Crippen LogP contribution in [-0.4, -0.2) is 34.9 Å². The molecule has 0 heterocycles. The van der Waals surface area contributed by atoms with Gasteiger partial charge >= 0.3 is 0 Å². The fraction of sp³-hybridized carbons (Fsp3) is 0.818. The molecule has 0 bridgehead atoms. The number of carbonyl (C=O) groups is 1. The monoisotopic (exact) mass is 229 g/mol. The van der Waals surface area contributed by atoms with Crippen molar-refractivity contribution in [3.63, 3.8) is 0 Å². The van der Waals surface area contributed by atoms with Crippen molar-refractivity contribution in [3.8, 4) is 0 Å². The van der Waals surface area contributed by atoms with Crippen molar-refractivity contribution < 1.29 is 10.0 Å². The Labute approximate surface area is 97.3 Å². The van der Waals surface area contributed by atoms with Crippen molar-refractivity contribution in [1.29, 1.82) is 0 Å². The molecule has 0 aromatic rings. The Hall–Kier alpha value is -1.26. The lowest BCUT2D eigenvalue weighted by Gasteiger charge is -2.25. The van der Waals surface area contributed by atoms with Crippen molar-refractivity contribution in [3.05, 3.63) is 0 Å². The van der Waals surface area contributed by atoms with Gasteiger partial charge in [0.25, 0.3) is 0 Å². The van der Waals surface area contributed by atoms with Gasteiger partial charge in [0.1, 0.15) is 5.84 Å². The molecule has 94 valence electrons. The number of rotatable bonds is 6. The standard InChI is InChI=1S/C11H23N3O2/c1-5-8(2)6-11(15)14(4)9(3)7-10(12)13-16/h8-9,16H,5-7H2,1-4H3,(H2,12,13). The highest BCUT2D eigenvalue weighted by Gasteiger charge is 2.18. The summed E-state index contributed by atoms with van der Waals surface area (Å²) < 4.78 is 0. The van der Waals surface area contributed by atoms with E-state index >= 15 is 0 Å². The molecule has 3 N–H and O–H groups in total. The van der Waals surface area contributed by atoms with Crippen LogP contribution in [0.4, 0.5) is 0 Å². The van der Waals surface area contributed by atoms with E-state index in [1.54, 1.807) is 11.9 Å². The first kappa shape index (κ1) is 14.7. The molecule has 2 atom stereocenters. The van der Waals surface area contributed by atoms with E-state index in [9.17, 15) is 4.79 Å². The summed E-state index contributed by atoms with van der Waals surface area (Å²) in [6.45, 7) is 6.00. The molecule has 1 amide bonds. The van der Waals surface area contributed by atoms with Crippen LogP contribution in [0.5, 0.6) is 0 Å². The van der Waals surface area contributed by atoms with Gasteiger partial charge in [0.15, 0.2) is 0 Å². The number of nitrogens with zero attached hydrogens (tertiary/aromatic N) is 2. The van der Waals surface area contributed by atoms with Crippen LogP contribution in [0.3, 0.4) is 0 Å². The normalized spacial score (nSPS) is 15.6. The Morgan fingerprint density at radius 2 is 2.00 bits per heavy atom. The molecule has 0 spiro atoms. The second-order valence-corrected chi connectivity index (χ2v) is 4.37. The zero-order valence-electron chi connectivity index (χ0n) is 10.6. The van der Waals surface area contributed by atoms with Crippen LogP contribution in [0.1, 0.15) is 40.0 Å².